The lowest BCUT2D eigenvalue weighted by Gasteiger charge is -2.63. The Balaban J connectivity index is 1.48. The number of allylic oxidation sites excluding steroid dienone is 5. The zero-order chi connectivity index (χ0) is 34.3. The molecule has 0 amide bonds. The van der Waals surface area contributed by atoms with Crippen molar-refractivity contribution in [1.82, 2.24) is 0 Å². The molecule has 0 bridgehead atoms. The van der Waals surface area contributed by atoms with E-state index in [1.807, 2.05) is 26.8 Å². The first-order valence-corrected chi connectivity index (χ1v) is 16.4. The maximum Gasteiger partial charge on any atom is 0.229 e. The second kappa shape index (κ2) is 11.9. The molecule has 11 nitrogen and oxygen atoms in total. The van der Waals surface area contributed by atoms with Gasteiger partial charge in [0.15, 0.2) is 11.5 Å². The van der Waals surface area contributed by atoms with Crippen LogP contribution in [0.1, 0.15) is 80.1 Å². The molecule has 1 aliphatic heterocycles. The number of aliphatic hydroxyl groups excluding tert-OH is 6. The van der Waals surface area contributed by atoms with Crippen molar-refractivity contribution >= 4 is 11.6 Å². The van der Waals surface area contributed by atoms with E-state index in [2.05, 4.69) is 13.5 Å². The Labute approximate surface area is 270 Å². The highest BCUT2D eigenvalue weighted by Crippen LogP contribution is 2.73. The summed E-state index contributed by atoms with van der Waals surface area (Å²) in [5.41, 5.74) is -1.96. The topological polar surface area (TPSA) is 194 Å². The van der Waals surface area contributed by atoms with Crippen molar-refractivity contribution in [3.63, 3.8) is 0 Å². The van der Waals surface area contributed by atoms with Crippen LogP contribution < -0.4 is 0 Å². The number of ketones is 2. The average Bonchev–Trinajstić information content (AvgIpc) is 3.18. The minimum Gasteiger partial charge on any atom is -0.458 e. The molecule has 1 saturated heterocycles. The fourth-order valence-electron chi connectivity index (χ4n) is 10.2. The molecule has 0 aromatic rings. The quantitative estimate of drug-likeness (QED) is 0.188. The number of fused-ring (bicyclic) bond motifs is 5. The Kier molecular flexibility index (Phi) is 9.12. The van der Waals surface area contributed by atoms with E-state index < -0.39 is 89.0 Å². The molecule has 14 atom stereocenters. The van der Waals surface area contributed by atoms with Gasteiger partial charge in [0.25, 0.3) is 0 Å². The first-order valence-electron chi connectivity index (χ1n) is 16.4. The van der Waals surface area contributed by atoms with Gasteiger partial charge in [0.1, 0.15) is 30.2 Å². The van der Waals surface area contributed by atoms with Crippen molar-refractivity contribution in [1.29, 1.82) is 0 Å². The lowest BCUT2D eigenvalue weighted by atomic mass is 9.39. The van der Waals surface area contributed by atoms with E-state index in [-0.39, 0.29) is 36.7 Å². The van der Waals surface area contributed by atoms with Gasteiger partial charge >= 0.3 is 0 Å². The predicted molar refractivity (Wildman–Crippen MR) is 166 cm³/mol. The Morgan fingerprint density at radius 3 is 2.39 bits per heavy atom. The van der Waals surface area contributed by atoms with Crippen LogP contribution in [0.3, 0.4) is 0 Å². The lowest BCUT2D eigenvalue weighted by Crippen LogP contribution is -2.64. The second-order valence-corrected chi connectivity index (χ2v) is 15.6. The molecule has 1 heterocycles. The number of carbonyl (C=O) groups excluding carboxylic acids is 2. The number of carbonyl (C=O) groups is 2. The van der Waals surface area contributed by atoms with Gasteiger partial charge in [-0.15, -0.1) is 6.58 Å². The van der Waals surface area contributed by atoms with Crippen LogP contribution in [0.15, 0.2) is 35.1 Å². The maximum atomic E-state index is 14.5. The molecule has 4 aliphatic carbocycles. The van der Waals surface area contributed by atoms with Crippen molar-refractivity contribution < 1.29 is 54.8 Å². The third-order valence-electron chi connectivity index (χ3n) is 13.0. The van der Waals surface area contributed by atoms with E-state index in [0.717, 1.165) is 11.1 Å². The minimum atomic E-state index is -1.68. The zero-order valence-electron chi connectivity index (χ0n) is 27.8. The maximum absolute atomic E-state index is 14.5. The summed E-state index contributed by atoms with van der Waals surface area (Å²) in [4.78, 5) is 28.2. The molecule has 0 aromatic carbocycles. The summed E-state index contributed by atoms with van der Waals surface area (Å²) in [6, 6.07) is 0. The molecule has 2 saturated carbocycles. The smallest absolute Gasteiger partial charge is 0.229 e. The first-order chi connectivity index (χ1) is 21.3. The predicted octanol–water partition coefficient (Wildman–Crippen LogP) is 1.45. The summed E-state index contributed by atoms with van der Waals surface area (Å²) >= 11 is 0. The van der Waals surface area contributed by atoms with Crippen LogP contribution >= 0.6 is 0 Å². The largest absolute Gasteiger partial charge is 0.458 e. The van der Waals surface area contributed by atoms with Gasteiger partial charge in [0.05, 0.1) is 24.4 Å². The molecule has 0 spiro atoms. The second-order valence-electron chi connectivity index (χ2n) is 15.6. The van der Waals surface area contributed by atoms with Gasteiger partial charge in [0.2, 0.25) is 6.29 Å². The summed E-state index contributed by atoms with van der Waals surface area (Å²) in [6.45, 7) is 14.3. The number of hydrogen-bond acceptors (Lipinski definition) is 11. The van der Waals surface area contributed by atoms with Crippen molar-refractivity contribution in [3.05, 3.63) is 35.1 Å². The molecular formula is C35H52O11. The van der Waals surface area contributed by atoms with E-state index in [1.165, 1.54) is 0 Å². The molecule has 5 aliphatic rings. The number of rotatable bonds is 8. The average molecular weight is 649 g/mol. The van der Waals surface area contributed by atoms with E-state index >= 15 is 0 Å². The third kappa shape index (κ3) is 5.00. The van der Waals surface area contributed by atoms with Gasteiger partial charge in [-0.1, -0.05) is 32.4 Å². The molecular weight excluding hydrogens is 596 g/mol. The highest BCUT2D eigenvalue weighted by Gasteiger charge is 2.74. The third-order valence-corrected chi connectivity index (χ3v) is 13.0. The number of Topliss-reactive ketones (excluding diaryl/α,β-unsaturated/α-hetero) is 2. The molecule has 258 valence electrons. The molecule has 4 unspecified atom stereocenters. The van der Waals surface area contributed by atoms with Gasteiger partial charge in [0, 0.05) is 30.1 Å². The Morgan fingerprint density at radius 1 is 1.13 bits per heavy atom. The Bertz CT molecular complexity index is 1330. The number of ether oxygens (including phenoxy) is 2. The number of hydrogen-bond donors (Lipinski definition) is 7. The lowest BCUT2D eigenvalue weighted by molar-refractivity contribution is -0.291. The SMILES string of the molecule is C=C(C)CCC(O)C(C)(O)C1[C@H](O)C[C@@]2(C)[C@@H]3CC=C4C(C)=C(OC5O[C@H](CO)[C@@H](O)[C@H](O)[C@H]5O)C(=O)C[C@H]4[C@]3(C)C(=O)C[C@]12C. The van der Waals surface area contributed by atoms with Crippen molar-refractivity contribution in [2.75, 3.05) is 6.61 Å². The summed E-state index contributed by atoms with van der Waals surface area (Å²) in [5.74, 6) is -2.04. The van der Waals surface area contributed by atoms with Crippen LogP contribution in [0.25, 0.3) is 0 Å². The van der Waals surface area contributed by atoms with E-state index in [9.17, 15) is 45.3 Å². The molecule has 46 heavy (non-hydrogen) atoms. The normalized spacial score (nSPS) is 46.1. The fraction of sp³-hybridized carbons (Fsp3) is 0.771. The summed E-state index contributed by atoms with van der Waals surface area (Å²) in [5, 5.41) is 75.0. The summed E-state index contributed by atoms with van der Waals surface area (Å²) < 4.78 is 11.3. The van der Waals surface area contributed by atoms with Gasteiger partial charge in [-0.3, -0.25) is 9.59 Å². The van der Waals surface area contributed by atoms with Gasteiger partial charge in [-0.2, -0.15) is 0 Å². The van der Waals surface area contributed by atoms with Crippen molar-refractivity contribution in [2.45, 2.75) is 129 Å². The first kappa shape index (κ1) is 35.3. The Hall–Kier alpha value is -1.96. The van der Waals surface area contributed by atoms with Crippen LogP contribution in [0, 0.1) is 34.0 Å². The molecule has 7 N–H and O–H groups in total. The van der Waals surface area contributed by atoms with Crippen molar-refractivity contribution in [2.24, 2.45) is 34.0 Å². The minimum absolute atomic E-state index is 0.0508. The molecule has 0 radical (unpaired) electrons. The summed E-state index contributed by atoms with van der Waals surface area (Å²) in [6.07, 6.45) is -6.08. The highest BCUT2D eigenvalue weighted by molar-refractivity contribution is 5.99. The number of aliphatic hydroxyl groups is 7. The summed E-state index contributed by atoms with van der Waals surface area (Å²) in [7, 11) is 0. The van der Waals surface area contributed by atoms with Crippen molar-refractivity contribution in [3.8, 4) is 0 Å². The Morgan fingerprint density at radius 2 is 1.78 bits per heavy atom. The van der Waals surface area contributed by atoms with E-state index in [0.29, 0.717) is 24.8 Å². The van der Waals surface area contributed by atoms with Crippen LogP contribution in [-0.4, -0.2) is 102 Å². The molecule has 3 fully saturated rings. The van der Waals surface area contributed by atoms with Crippen LogP contribution in [0.5, 0.6) is 0 Å². The van der Waals surface area contributed by atoms with Crippen LogP contribution in [0.4, 0.5) is 0 Å². The van der Waals surface area contributed by atoms with Gasteiger partial charge in [-0.25, -0.2) is 0 Å². The highest BCUT2D eigenvalue weighted by atomic mass is 16.7. The molecule has 11 heteroatoms. The zero-order valence-corrected chi connectivity index (χ0v) is 27.8. The van der Waals surface area contributed by atoms with E-state index in [4.69, 9.17) is 9.47 Å². The standard InChI is InChI=1S/C35H52O11/c1-16(2)8-11-24(39)35(7,44)30-21(38)13-32(4)23-10-9-18-17(3)29(46-31-28(43)27(42)26(41)22(15-36)45-31)20(37)12-19(18)34(23,6)25(40)14-33(30,32)5/h9,19,21-24,26-28,30-31,36,38-39,41-44H,1,8,10-15H2,2-7H3/t19-,21-,22-,23+,24?,26-,27+,28-,30?,31?,32+,33-,34+,35?/m1/s1. The van der Waals surface area contributed by atoms with Gasteiger partial charge < -0.3 is 45.2 Å². The van der Waals surface area contributed by atoms with E-state index in [1.54, 1.807) is 13.8 Å². The molecule has 0 aromatic heterocycles. The fourth-order valence-corrected chi connectivity index (χ4v) is 10.2. The monoisotopic (exact) mass is 648 g/mol. The van der Waals surface area contributed by atoms with Gasteiger partial charge in [-0.05, 0) is 74.3 Å². The molecule has 5 rings (SSSR count). The van der Waals surface area contributed by atoms with Crippen LogP contribution in [-0.2, 0) is 19.1 Å². The van der Waals surface area contributed by atoms with Crippen LogP contribution in [0.2, 0.25) is 0 Å².